The molecular formula is C17H21NO. The largest absolute Gasteiger partial charge is 0.388 e. The molecule has 0 aliphatic carbocycles. The van der Waals surface area contributed by atoms with E-state index in [0.29, 0.717) is 6.54 Å². The molecule has 3 N–H and O–H groups in total. The Kier molecular flexibility index (Phi) is 4.35. The van der Waals surface area contributed by atoms with Gasteiger partial charge in [0.2, 0.25) is 0 Å². The molecule has 2 aromatic rings. The van der Waals surface area contributed by atoms with Crippen LogP contribution in [0.4, 0.5) is 0 Å². The smallest absolute Gasteiger partial charge is 0.0870 e. The van der Waals surface area contributed by atoms with E-state index in [4.69, 9.17) is 5.73 Å². The lowest BCUT2D eigenvalue weighted by atomic mass is 9.86. The summed E-state index contributed by atoms with van der Waals surface area (Å²) in [4.78, 5) is 0. The summed E-state index contributed by atoms with van der Waals surface area (Å²) in [6, 6.07) is 16.1. The van der Waals surface area contributed by atoms with Crippen molar-refractivity contribution in [1.82, 2.24) is 0 Å². The summed E-state index contributed by atoms with van der Waals surface area (Å²) in [5.41, 5.74) is 10.3. The summed E-state index contributed by atoms with van der Waals surface area (Å²) < 4.78 is 0. The van der Waals surface area contributed by atoms with Crippen LogP contribution in [-0.4, -0.2) is 11.7 Å². The highest BCUT2D eigenvalue weighted by molar-refractivity contribution is 5.33. The number of hydrogen-bond donors (Lipinski definition) is 2. The van der Waals surface area contributed by atoms with Gasteiger partial charge in [0.25, 0.3) is 0 Å². The van der Waals surface area contributed by atoms with Crippen LogP contribution in [0.15, 0.2) is 48.5 Å². The third kappa shape index (κ3) is 3.03. The first-order chi connectivity index (χ1) is 9.13. The van der Waals surface area contributed by atoms with Crippen LogP contribution in [0.2, 0.25) is 0 Å². The Hall–Kier alpha value is -1.64. The molecule has 100 valence electrons. The first-order valence-electron chi connectivity index (χ1n) is 6.63. The Morgan fingerprint density at radius 1 is 1.00 bits per heavy atom. The lowest BCUT2D eigenvalue weighted by molar-refractivity contribution is 0.147. The van der Waals surface area contributed by atoms with E-state index in [1.807, 2.05) is 49.4 Å². The van der Waals surface area contributed by atoms with Crippen molar-refractivity contribution in [3.05, 3.63) is 70.8 Å². The molecule has 2 aromatic carbocycles. The van der Waals surface area contributed by atoms with Crippen LogP contribution in [0, 0.1) is 13.8 Å². The van der Waals surface area contributed by atoms with Gasteiger partial charge in [-0.05, 0) is 30.5 Å². The number of hydrogen-bond acceptors (Lipinski definition) is 2. The van der Waals surface area contributed by atoms with Gasteiger partial charge in [-0.25, -0.2) is 0 Å². The van der Waals surface area contributed by atoms with Crippen LogP contribution in [-0.2, 0) is 0 Å². The van der Waals surface area contributed by atoms with Crippen LogP contribution in [0.1, 0.15) is 34.3 Å². The molecule has 0 fully saturated rings. The van der Waals surface area contributed by atoms with Gasteiger partial charge in [0.15, 0.2) is 0 Å². The summed E-state index contributed by atoms with van der Waals surface area (Å²) in [5.74, 6) is -0.0658. The minimum atomic E-state index is -0.563. The van der Waals surface area contributed by atoms with E-state index >= 15 is 0 Å². The molecule has 0 amide bonds. The Morgan fingerprint density at radius 3 is 2.21 bits per heavy atom. The monoisotopic (exact) mass is 255 g/mol. The second-order valence-corrected chi connectivity index (χ2v) is 5.05. The van der Waals surface area contributed by atoms with Gasteiger partial charge in [0.1, 0.15) is 0 Å². The summed E-state index contributed by atoms with van der Waals surface area (Å²) in [5, 5.41) is 10.6. The molecule has 0 radical (unpaired) electrons. The molecule has 19 heavy (non-hydrogen) atoms. The fraction of sp³-hybridized carbons (Fsp3) is 0.294. The Balaban J connectivity index is 2.32. The van der Waals surface area contributed by atoms with Crippen LogP contribution in [0.25, 0.3) is 0 Å². The molecule has 0 saturated heterocycles. The Bertz CT molecular complexity index is 533. The summed E-state index contributed by atoms with van der Waals surface area (Å²) in [6.45, 7) is 4.53. The average molecular weight is 255 g/mol. The van der Waals surface area contributed by atoms with Gasteiger partial charge in [0, 0.05) is 12.5 Å². The van der Waals surface area contributed by atoms with Crippen LogP contribution < -0.4 is 5.73 Å². The standard InChI is InChI=1S/C17H21NO/c1-12-7-9-14(10-8-12)17(19)16(11-18)15-6-4-3-5-13(15)2/h3-10,16-17,19H,11,18H2,1-2H3. The van der Waals surface area contributed by atoms with E-state index in [9.17, 15) is 5.11 Å². The molecule has 2 rings (SSSR count). The van der Waals surface area contributed by atoms with Gasteiger partial charge in [-0.3, -0.25) is 0 Å². The zero-order chi connectivity index (χ0) is 13.8. The average Bonchev–Trinajstić information content (AvgIpc) is 2.42. The van der Waals surface area contributed by atoms with Gasteiger partial charge < -0.3 is 10.8 Å². The van der Waals surface area contributed by atoms with Crippen LogP contribution in [0.5, 0.6) is 0 Å². The lowest BCUT2D eigenvalue weighted by Crippen LogP contribution is -2.21. The number of benzene rings is 2. The highest BCUT2D eigenvalue weighted by Gasteiger charge is 2.22. The SMILES string of the molecule is Cc1ccc(C(O)C(CN)c2ccccc2C)cc1. The van der Waals surface area contributed by atoms with Gasteiger partial charge in [-0.15, -0.1) is 0 Å². The minimum Gasteiger partial charge on any atom is -0.388 e. The van der Waals surface area contributed by atoms with Gasteiger partial charge in [0.05, 0.1) is 6.10 Å². The van der Waals surface area contributed by atoms with Gasteiger partial charge >= 0.3 is 0 Å². The highest BCUT2D eigenvalue weighted by Crippen LogP contribution is 2.31. The predicted molar refractivity (Wildman–Crippen MR) is 79.1 cm³/mol. The summed E-state index contributed by atoms with van der Waals surface area (Å²) >= 11 is 0. The first kappa shape index (κ1) is 13.8. The maximum Gasteiger partial charge on any atom is 0.0870 e. The number of aryl methyl sites for hydroxylation is 2. The molecule has 0 heterocycles. The predicted octanol–water partition coefficient (Wildman–Crippen LogP) is 3.08. The summed E-state index contributed by atoms with van der Waals surface area (Å²) in [6.07, 6.45) is -0.563. The van der Waals surface area contributed by atoms with Crippen molar-refractivity contribution >= 4 is 0 Å². The zero-order valence-electron chi connectivity index (χ0n) is 11.5. The molecule has 2 nitrogen and oxygen atoms in total. The van der Waals surface area contributed by atoms with Gasteiger partial charge in [-0.2, -0.15) is 0 Å². The Labute approximate surface area is 114 Å². The van der Waals surface area contributed by atoms with Gasteiger partial charge in [-0.1, -0.05) is 54.1 Å². The number of nitrogens with two attached hydrogens (primary N) is 1. The van der Waals surface area contributed by atoms with Crippen molar-refractivity contribution in [2.24, 2.45) is 5.73 Å². The molecule has 0 saturated carbocycles. The molecule has 2 heteroatoms. The van der Waals surface area contributed by atoms with Crippen LogP contribution in [0.3, 0.4) is 0 Å². The fourth-order valence-electron chi connectivity index (χ4n) is 2.42. The normalized spacial score (nSPS) is 14.1. The van der Waals surface area contributed by atoms with Crippen molar-refractivity contribution < 1.29 is 5.11 Å². The number of aliphatic hydroxyl groups is 1. The molecular weight excluding hydrogens is 234 g/mol. The molecule has 0 aliphatic heterocycles. The topological polar surface area (TPSA) is 46.2 Å². The second-order valence-electron chi connectivity index (χ2n) is 5.05. The lowest BCUT2D eigenvalue weighted by Gasteiger charge is -2.24. The maximum absolute atomic E-state index is 10.6. The van der Waals surface area contributed by atoms with Crippen molar-refractivity contribution in [3.8, 4) is 0 Å². The van der Waals surface area contributed by atoms with E-state index in [1.54, 1.807) is 0 Å². The van der Waals surface area contributed by atoms with Crippen molar-refractivity contribution in [2.45, 2.75) is 25.9 Å². The first-order valence-corrected chi connectivity index (χ1v) is 6.63. The third-order valence-electron chi connectivity index (χ3n) is 3.64. The van der Waals surface area contributed by atoms with E-state index in [-0.39, 0.29) is 5.92 Å². The maximum atomic E-state index is 10.6. The molecule has 2 unspecified atom stereocenters. The highest BCUT2D eigenvalue weighted by atomic mass is 16.3. The fourth-order valence-corrected chi connectivity index (χ4v) is 2.42. The van der Waals surface area contributed by atoms with E-state index in [0.717, 1.165) is 11.1 Å². The van der Waals surface area contributed by atoms with E-state index < -0.39 is 6.10 Å². The molecule has 0 spiro atoms. The van der Waals surface area contributed by atoms with Crippen molar-refractivity contribution in [2.75, 3.05) is 6.54 Å². The molecule has 0 aromatic heterocycles. The third-order valence-corrected chi connectivity index (χ3v) is 3.64. The van der Waals surface area contributed by atoms with Crippen LogP contribution >= 0.6 is 0 Å². The van der Waals surface area contributed by atoms with E-state index in [1.165, 1.54) is 11.1 Å². The minimum absolute atomic E-state index is 0.0658. The Morgan fingerprint density at radius 2 is 1.63 bits per heavy atom. The summed E-state index contributed by atoms with van der Waals surface area (Å²) in [7, 11) is 0. The van der Waals surface area contributed by atoms with Crippen molar-refractivity contribution in [1.29, 1.82) is 0 Å². The molecule has 2 atom stereocenters. The molecule has 0 bridgehead atoms. The second kappa shape index (κ2) is 6.00. The number of aliphatic hydroxyl groups excluding tert-OH is 1. The van der Waals surface area contributed by atoms with E-state index in [2.05, 4.69) is 13.0 Å². The quantitative estimate of drug-likeness (QED) is 0.882. The zero-order valence-corrected chi connectivity index (χ0v) is 11.5. The number of rotatable bonds is 4. The molecule has 0 aliphatic rings. The van der Waals surface area contributed by atoms with Crippen molar-refractivity contribution in [3.63, 3.8) is 0 Å².